The molecular formula is C13H12BrClN4O. The van der Waals surface area contributed by atoms with E-state index in [1.165, 1.54) is 0 Å². The number of anilines is 2. The molecule has 2 rings (SSSR count). The summed E-state index contributed by atoms with van der Waals surface area (Å²) < 4.78 is 0.684. The largest absolute Gasteiger partial charge is 0.322 e. The summed E-state index contributed by atoms with van der Waals surface area (Å²) in [6, 6.07) is 6.93. The van der Waals surface area contributed by atoms with Crippen LogP contribution in [0.4, 0.5) is 11.5 Å². The van der Waals surface area contributed by atoms with E-state index < -0.39 is 0 Å². The van der Waals surface area contributed by atoms with Gasteiger partial charge in [-0.2, -0.15) is 0 Å². The number of hydrogen-bond donors (Lipinski definition) is 3. The molecule has 0 atom stereocenters. The Hall–Kier alpha value is -1.63. The van der Waals surface area contributed by atoms with E-state index in [-0.39, 0.29) is 5.91 Å². The minimum Gasteiger partial charge on any atom is -0.322 e. The zero-order valence-corrected chi connectivity index (χ0v) is 12.9. The fourth-order valence-electron chi connectivity index (χ4n) is 1.60. The SMILES string of the molecule is Cc1ccc(NC(=O)c2cc(Br)cnc2NN)cc1Cl. The molecule has 2 aromatic rings. The van der Waals surface area contributed by atoms with E-state index in [9.17, 15) is 4.79 Å². The molecular weight excluding hydrogens is 344 g/mol. The first kappa shape index (κ1) is 14.8. The Morgan fingerprint density at radius 2 is 2.15 bits per heavy atom. The lowest BCUT2D eigenvalue weighted by atomic mass is 10.2. The number of aryl methyl sites for hydroxylation is 1. The van der Waals surface area contributed by atoms with E-state index in [0.29, 0.717) is 26.6 Å². The van der Waals surface area contributed by atoms with Crippen molar-refractivity contribution in [3.8, 4) is 0 Å². The minimum atomic E-state index is -0.327. The van der Waals surface area contributed by atoms with Crippen molar-refractivity contribution in [2.75, 3.05) is 10.7 Å². The van der Waals surface area contributed by atoms with Gasteiger partial charge in [0.05, 0.1) is 5.56 Å². The van der Waals surface area contributed by atoms with Crippen LogP contribution in [0, 0.1) is 6.92 Å². The number of aromatic nitrogens is 1. The molecule has 0 saturated carbocycles. The van der Waals surface area contributed by atoms with Crippen LogP contribution >= 0.6 is 27.5 Å². The topological polar surface area (TPSA) is 80.0 Å². The van der Waals surface area contributed by atoms with Gasteiger partial charge >= 0.3 is 0 Å². The van der Waals surface area contributed by atoms with Crippen LogP contribution in [-0.2, 0) is 0 Å². The van der Waals surface area contributed by atoms with E-state index in [2.05, 4.69) is 31.7 Å². The first-order valence-corrected chi connectivity index (χ1v) is 6.88. The molecule has 1 heterocycles. The van der Waals surface area contributed by atoms with Gasteiger partial charge in [0.2, 0.25) is 0 Å². The van der Waals surface area contributed by atoms with Crippen molar-refractivity contribution < 1.29 is 4.79 Å². The lowest BCUT2D eigenvalue weighted by Gasteiger charge is -2.10. The number of nitrogens with two attached hydrogens (primary N) is 1. The summed E-state index contributed by atoms with van der Waals surface area (Å²) in [7, 11) is 0. The Morgan fingerprint density at radius 1 is 1.40 bits per heavy atom. The predicted molar refractivity (Wildman–Crippen MR) is 83.9 cm³/mol. The minimum absolute atomic E-state index is 0.295. The molecule has 20 heavy (non-hydrogen) atoms. The Morgan fingerprint density at radius 3 is 2.80 bits per heavy atom. The number of pyridine rings is 1. The smallest absolute Gasteiger partial charge is 0.259 e. The summed E-state index contributed by atoms with van der Waals surface area (Å²) in [6.07, 6.45) is 1.55. The van der Waals surface area contributed by atoms with Gasteiger partial charge in [0.15, 0.2) is 5.82 Å². The number of amides is 1. The number of nitrogen functional groups attached to an aromatic ring is 1. The lowest BCUT2D eigenvalue weighted by Crippen LogP contribution is -2.18. The maximum atomic E-state index is 12.2. The molecule has 1 aromatic heterocycles. The average Bonchev–Trinajstić information content (AvgIpc) is 2.43. The normalized spacial score (nSPS) is 10.2. The molecule has 0 aliphatic heterocycles. The van der Waals surface area contributed by atoms with Gasteiger partial charge in [0, 0.05) is 21.4 Å². The molecule has 0 bridgehead atoms. The zero-order chi connectivity index (χ0) is 14.7. The predicted octanol–water partition coefficient (Wildman–Crippen LogP) is 3.34. The van der Waals surface area contributed by atoms with Crippen molar-refractivity contribution in [2.24, 2.45) is 5.84 Å². The van der Waals surface area contributed by atoms with Crippen LogP contribution in [0.2, 0.25) is 5.02 Å². The monoisotopic (exact) mass is 354 g/mol. The Labute approximate surface area is 129 Å². The van der Waals surface area contributed by atoms with E-state index in [1.807, 2.05) is 13.0 Å². The fraction of sp³-hybridized carbons (Fsp3) is 0.0769. The molecule has 0 aliphatic rings. The molecule has 0 radical (unpaired) electrons. The van der Waals surface area contributed by atoms with E-state index in [4.69, 9.17) is 17.4 Å². The standard InChI is InChI=1S/C13H12BrClN4O/c1-7-2-3-9(5-11(7)15)18-13(20)10-4-8(14)6-17-12(10)19-16/h2-6H,16H2,1H3,(H,17,19)(H,18,20). The van der Waals surface area contributed by atoms with E-state index >= 15 is 0 Å². The van der Waals surface area contributed by atoms with Gasteiger partial charge in [-0.25, -0.2) is 10.8 Å². The van der Waals surface area contributed by atoms with Crippen molar-refractivity contribution in [1.82, 2.24) is 4.98 Å². The summed E-state index contributed by atoms with van der Waals surface area (Å²) in [5.74, 6) is 5.32. The van der Waals surface area contributed by atoms with Crippen LogP contribution in [0.1, 0.15) is 15.9 Å². The molecule has 104 valence electrons. The number of nitrogens with zero attached hydrogens (tertiary/aromatic N) is 1. The number of carbonyl (C=O) groups is 1. The molecule has 1 amide bonds. The van der Waals surface area contributed by atoms with Gasteiger partial charge in [-0.3, -0.25) is 4.79 Å². The van der Waals surface area contributed by atoms with Crippen LogP contribution in [0.25, 0.3) is 0 Å². The molecule has 0 aliphatic carbocycles. The highest BCUT2D eigenvalue weighted by Crippen LogP contribution is 2.22. The second-order valence-corrected chi connectivity index (χ2v) is 5.44. The van der Waals surface area contributed by atoms with Crippen LogP contribution < -0.4 is 16.6 Å². The van der Waals surface area contributed by atoms with Gasteiger partial charge in [0.25, 0.3) is 5.91 Å². The quantitative estimate of drug-likeness (QED) is 0.583. The molecule has 1 aromatic carbocycles. The number of carbonyl (C=O) groups excluding carboxylic acids is 1. The van der Waals surface area contributed by atoms with Gasteiger partial charge < -0.3 is 10.7 Å². The first-order chi connectivity index (χ1) is 9.51. The molecule has 4 N–H and O–H groups in total. The molecule has 0 fully saturated rings. The number of hydrazine groups is 1. The van der Waals surface area contributed by atoms with Crippen molar-refractivity contribution in [3.63, 3.8) is 0 Å². The molecule has 7 heteroatoms. The molecule has 5 nitrogen and oxygen atoms in total. The third-order valence-electron chi connectivity index (χ3n) is 2.67. The maximum Gasteiger partial charge on any atom is 0.259 e. The molecule has 0 saturated heterocycles. The Balaban J connectivity index is 2.27. The maximum absolute atomic E-state index is 12.2. The molecule has 0 spiro atoms. The summed E-state index contributed by atoms with van der Waals surface area (Å²) in [5, 5.41) is 3.34. The average molecular weight is 356 g/mol. The number of rotatable bonds is 3. The van der Waals surface area contributed by atoms with Gasteiger partial charge in [-0.1, -0.05) is 17.7 Å². The van der Waals surface area contributed by atoms with Crippen LogP contribution in [0.5, 0.6) is 0 Å². The Kier molecular flexibility index (Phi) is 4.59. The third kappa shape index (κ3) is 3.27. The van der Waals surface area contributed by atoms with Crippen LogP contribution in [0.3, 0.4) is 0 Å². The first-order valence-electron chi connectivity index (χ1n) is 5.71. The summed E-state index contributed by atoms with van der Waals surface area (Å²) in [5.41, 5.74) is 4.27. The highest BCUT2D eigenvalue weighted by atomic mass is 79.9. The third-order valence-corrected chi connectivity index (χ3v) is 3.51. The summed E-state index contributed by atoms with van der Waals surface area (Å²) in [4.78, 5) is 16.3. The summed E-state index contributed by atoms with van der Waals surface area (Å²) >= 11 is 9.29. The van der Waals surface area contributed by atoms with Crippen molar-refractivity contribution >= 4 is 44.9 Å². The fourth-order valence-corrected chi connectivity index (χ4v) is 2.11. The second-order valence-electron chi connectivity index (χ2n) is 4.11. The highest BCUT2D eigenvalue weighted by molar-refractivity contribution is 9.10. The van der Waals surface area contributed by atoms with Crippen molar-refractivity contribution in [3.05, 3.63) is 51.1 Å². The zero-order valence-electron chi connectivity index (χ0n) is 10.6. The van der Waals surface area contributed by atoms with E-state index in [0.717, 1.165) is 5.56 Å². The van der Waals surface area contributed by atoms with Crippen molar-refractivity contribution in [1.29, 1.82) is 0 Å². The lowest BCUT2D eigenvalue weighted by molar-refractivity contribution is 0.102. The van der Waals surface area contributed by atoms with Crippen LogP contribution in [-0.4, -0.2) is 10.9 Å². The number of halogens is 2. The highest BCUT2D eigenvalue weighted by Gasteiger charge is 2.13. The van der Waals surface area contributed by atoms with E-state index in [1.54, 1.807) is 24.4 Å². The van der Waals surface area contributed by atoms with Gasteiger partial charge in [-0.05, 0) is 46.6 Å². The van der Waals surface area contributed by atoms with Gasteiger partial charge in [-0.15, -0.1) is 0 Å². The Bertz CT molecular complexity index is 663. The number of nitrogens with one attached hydrogen (secondary N) is 2. The van der Waals surface area contributed by atoms with Crippen molar-refractivity contribution in [2.45, 2.75) is 6.92 Å². The molecule has 0 unspecified atom stereocenters. The number of benzene rings is 1. The summed E-state index contributed by atoms with van der Waals surface area (Å²) in [6.45, 7) is 1.89. The number of hydrogen-bond acceptors (Lipinski definition) is 4. The second kappa shape index (κ2) is 6.21. The van der Waals surface area contributed by atoms with Crippen LogP contribution in [0.15, 0.2) is 34.9 Å². The van der Waals surface area contributed by atoms with Gasteiger partial charge in [0.1, 0.15) is 0 Å².